The lowest BCUT2D eigenvalue weighted by Gasteiger charge is -2.23. The summed E-state index contributed by atoms with van der Waals surface area (Å²) in [7, 11) is 0. The van der Waals surface area contributed by atoms with E-state index in [-0.39, 0.29) is 11.8 Å². The summed E-state index contributed by atoms with van der Waals surface area (Å²) in [5.41, 5.74) is 2.12. The summed E-state index contributed by atoms with van der Waals surface area (Å²) in [6, 6.07) is 9.14. The van der Waals surface area contributed by atoms with E-state index in [1.165, 1.54) is 24.8 Å². The van der Waals surface area contributed by atoms with Crippen LogP contribution >= 0.6 is 0 Å². The molecule has 0 saturated heterocycles. The van der Waals surface area contributed by atoms with Crippen molar-refractivity contribution in [3.63, 3.8) is 0 Å². The van der Waals surface area contributed by atoms with E-state index in [0.717, 1.165) is 19.4 Å². The molecule has 1 N–H and O–H groups in total. The summed E-state index contributed by atoms with van der Waals surface area (Å²) in [6.07, 6.45) is 8.15. The van der Waals surface area contributed by atoms with E-state index >= 15 is 0 Å². The zero-order chi connectivity index (χ0) is 16.5. The topological polar surface area (TPSA) is 49.4 Å². The first-order valence-corrected chi connectivity index (χ1v) is 8.43. The van der Waals surface area contributed by atoms with Crippen molar-refractivity contribution in [2.75, 3.05) is 19.6 Å². The van der Waals surface area contributed by atoms with Gasteiger partial charge < -0.3 is 10.2 Å². The Hall–Kier alpha value is -2.10. The molecule has 1 aliphatic rings. The monoisotopic (exact) mass is 314 g/mol. The van der Waals surface area contributed by atoms with Crippen LogP contribution < -0.4 is 5.32 Å². The van der Waals surface area contributed by atoms with Crippen LogP contribution in [0.1, 0.15) is 49.4 Å². The minimum absolute atomic E-state index is 0.0652. The second-order valence-electron chi connectivity index (χ2n) is 5.99. The summed E-state index contributed by atoms with van der Waals surface area (Å²) in [4.78, 5) is 25.6. The van der Waals surface area contributed by atoms with Gasteiger partial charge in [-0.1, -0.05) is 29.8 Å². The van der Waals surface area contributed by atoms with Crippen LogP contribution in [0.15, 0.2) is 42.0 Å². The lowest BCUT2D eigenvalue weighted by Crippen LogP contribution is -2.38. The fourth-order valence-corrected chi connectivity index (χ4v) is 2.83. The van der Waals surface area contributed by atoms with Crippen LogP contribution in [0.4, 0.5) is 0 Å². The normalized spacial score (nSPS) is 14.0. The molecule has 0 unspecified atom stereocenters. The molecule has 2 rings (SSSR count). The number of rotatable bonds is 7. The molecule has 0 atom stereocenters. The van der Waals surface area contributed by atoms with Gasteiger partial charge in [0.15, 0.2) is 0 Å². The standard InChI is InChI=1S/C19H26N2O2/c1-16(22)21(14-12-17-8-4-2-5-9-17)15-13-20-19(23)18-10-6-3-7-11-18/h3,6-8,10-11H,2,4-5,9,12-15H2,1H3,(H,20,23). The van der Waals surface area contributed by atoms with E-state index in [1.54, 1.807) is 19.1 Å². The number of benzene rings is 1. The molecule has 124 valence electrons. The van der Waals surface area contributed by atoms with Crippen LogP contribution in [-0.4, -0.2) is 36.3 Å². The van der Waals surface area contributed by atoms with Gasteiger partial charge >= 0.3 is 0 Å². The number of nitrogens with zero attached hydrogens (tertiary/aromatic N) is 1. The maximum Gasteiger partial charge on any atom is 0.251 e. The molecule has 0 aliphatic heterocycles. The van der Waals surface area contributed by atoms with Crippen LogP contribution in [0.3, 0.4) is 0 Å². The highest BCUT2D eigenvalue weighted by molar-refractivity contribution is 5.94. The number of allylic oxidation sites excluding steroid dienone is 1. The summed E-state index contributed by atoms with van der Waals surface area (Å²) in [6.45, 7) is 3.37. The van der Waals surface area contributed by atoms with E-state index in [9.17, 15) is 9.59 Å². The van der Waals surface area contributed by atoms with Gasteiger partial charge in [-0.2, -0.15) is 0 Å². The molecule has 0 radical (unpaired) electrons. The highest BCUT2D eigenvalue weighted by Gasteiger charge is 2.11. The second kappa shape index (κ2) is 9.13. The van der Waals surface area contributed by atoms with E-state index in [4.69, 9.17) is 0 Å². The molecule has 0 saturated carbocycles. The Kier molecular flexibility index (Phi) is 6.85. The molecule has 1 aromatic rings. The number of nitrogens with one attached hydrogen (secondary N) is 1. The lowest BCUT2D eigenvalue weighted by atomic mass is 9.97. The van der Waals surface area contributed by atoms with Crippen LogP contribution in [0.5, 0.6) is 0 Å². The first kappa shape index (κ1) is 17.3. The summed E-state index contributed by atoms with van der Waals surface area (Å²) in [5.74, 6) is -0.0283. The Balaban J connectivity index is 1.75. The fourth-order valence-electron chi connectivity index (χ4n) is 2.83. The van der Waals surface area contributed by atoms with Crippen LogP contribution in [0.25, 0.3) is 0 Å². The maximum absolute atomic E-state index is 12.0. The van der Waals surface area contributed by atoms with Crippen molar-refractivity contribution in [3.05, 3.63) is 47.5 Å². The van der Waals surface area contributed by atoms with E-state index < -0.39 is 0 Å². The zero-order valence-corrected chi connectivity index (χ0v) is 13.9. The number of carbonyl (C=O) groups excluding carboxylic acids is 2. The zero-order valence-electron chi connectivity index (χ0n) is 13.9. The first-order valence-electron chi connectivity index (χ1n) is 8.43. The molecule has 0 heterocycles. The average Bonchev–Trinajstić information content (AvgIpc) is 2.59. The van der Waals surface area contributed by atoms with E-state index in [2.05, 4.69) is 11.4 Å². The molecule has 23 heavy (non-hydrogen) atoms. The van der Waals surface area contributed by atoms with Gasteiger partial charge in [-0.05, 0) is 44.2 Å². The van der Waals surface area contributed by atoms with Crippen molar-refractivity contribution in [3.8, 4) is 0 Å². The minimum atomic E-state index is -0.0934. The highest BCUT2D eigenvalue weighted by Crippen LogP contribution is 2.20. The number of carbonyl (C=O) groups is 2. The Labute approximate surface area is 138 Å². The lowest BCUT2D eigenvalue weighted by molar-refractivity contribution is -0.128. The smallest absolute Gasteiger partial charge is 0.251 e. The van der Waals surface area contributed by atoms with Gasteiger partial charge in [0.2, 0.25) is 5.91 Å². The quantitative estimate of drug-likeness (QED) is 0.786. The SMILES string of the molecule is CC(=O)N(CCNC(=O)c1ccccc1)CCC1=CCCCC1. The maximum atomic E-state index is 12.0. The average molecular weight is 314 g/mol. The number of amides is 2. The molecular weight excluding hydrogens is 288 g/mol. The van der Waals surface area contributed by atoms with Gasteiger partial charge in [-0.25, -0.2) is 0 Å². The summed E-state index contributed by atoms with van der Waals surface area (Å²) in [5, 5.41) is 2.87. The Morgan fingerprint density at radius 2 is 1.91 bits per heavy atom. The Bertz CT molecular complexity index is 552. The van der Waals surface area contributed by atoms with Crippen molar-refractivity contribution in [2.24, 2.45) is 0 Å². The van der Waals surface area contributed by atoms with Crippen LogP contribution in [0, 0.1) is 0 Å². The molecule has 1 aliphatic carbocycles. The van der Waals surface area contributed by atoms with Crippen LogP contribution in [-0.2, 0) is 4.79 Å². The van der Waals surface area contributed by atoms with Gasteiger partial charge in [0.05, 0.1) is 0 Å². The van der Waals surface area contributed by atoms with E-state index in [1.807, 2.05) is 23.1 Å². The third-order valence-corrected chi connectivity index (χ3v) is 4.24. The molecule has 1 aromatic carbocycles. The predicted molar refractivity (Wildman–Crippen MR) is 92.2 cm³/mol. The summed E-state index contributed by atoms with van der Waals surface area (Å²) >= 11 is 0. The molecule has 0 spiro atoms. The molecule has 4 heteroatoms. The largest absolute Gasteiger partial charge is 0.350 e. The van der Waals surface area contributed by atoms with E-state index in [0.29, 0.717) is 18.7 Å². The minimum Gasteiger partial charge on any atom is -0.350 e. The molecule has 2 amide bonds. The van der Waals surface area contributed by atoms with Crippen molar-refractivity contribution >= 4 is 11.8 Å². The van der Waals surface area contributed by atoms with Gasteiger partial charge in [0.1, 0.15) is 0 Å². The highest BCUT2D eigenvalue weighted by atomic mass is 16.2. The predicted octanol–water partition coefficient (Wildman–Crippen LogP) is 3.16. The summed E-state index contributed by atoms with van der Waals surface area (Å²) < 4.78 is 0. The van der Waals surface area contributed by atoms with Crippen molar-refractivity contribution < 1.29 is 9.59 Å². The number of hydrogen-bond acceptors (Lipinski definition) is 2. The van der Waals surface area contributed by atoms with Crippen LogP contribution in [0.2, 0.25) is 0 Å². The Morgan fingerprint density at radius 1 is 1.13 bits per heavy atom. The van der Waals surface area contributed by atoms with Gasteiger partial charge in [0, 0.05) is 32.1 Å². The Morgan fingerprint density at radius 3 is 2.57 bits per heavy atom. The molecule has 0 aromatic heterocycles. The van der Waals surface area contributed by atoms with Crippen molar-refractivity contribution in [1.82, 2.24) is 10.2 Å². The second-order valence-corrected chi connectivity index (χ2v) is 5.99. The van der Waals surface area contributed by atoms with Gasteiger partial charge in [-0.3, -0.25) is 9.59 Å². The van der Waals surface area contributed by atoms with Crippen molar-refractivity contribution in [2.45, 2.75) is 39.0 Å². The van der Waals surface area contributed by atoms with Crippen molar-refractivity contribution in [1.29, 1.82) is 0 Å². The number of hydrogen-bond donors (Lipinski definition) is 1. The molecule has 0 fully saturated rings. The molecular formula is C19H26N2O2. The third-order valence-electron chi connectivity index (χ3n) is 4.24. The van der Waals surface area contributed by atoms with Gasteiger partial charge in [0.25, 0.3) is 5.91 Å². The molecule has 4 nitrogen and oxygen atoms in total. The third kappa shape index (κ3) is 5.89. The van der Waals surface area contributed by atoms with Gasteiger partial charge in [-0.15, -0.1) is 0 Å². The first-order chi connectivity index (χ1) is 11.2. The molecule has 0 bridgehead atoms. The fraction of sp³-hybridized carbons (Fsp3) is 0.474.